The van der Waals surface area contributed by atoms with Crippen molar-refractivity contribution in [2.75, 3.05) is 32.3 Å². The fourth-order valence-corrected chi connectivity index (χ4v) is 12.6. The molecule has 18 N–H and O–H groups in total. The Morgan fingerprint density at radius 3 is 1.50 bits per heavy atom. The van der Waals surface area contributed by atoms with E-state index in [9.17, 15) is 24.4 Å². The normalized spacial score (nSPS) is 12.3. The predicted octanol–water partition coefficient (Wildman–Crippen LogP) is 12.3. The number of hydrogen-bond donors (Lipinski definition) is 13. The second-order valence-electron chi connectivity index (χ2n) is 21.5. The molecule has 2 aliphatic rings. The van der Waals surface area contributed by atoms with E-state index < -0.39 is 41.8 Å². The Labute approximate surface area is 562 Å². The van der Waals surface area contributed by atoms with Gasteiger partial charge in [-0.3, -0.25) is 29.7 Å². The van der Waals surface area contributed by atoms with Crippen molar-refractivity contribution in [3.63, 3.8) is 0 Å². The molecule has 4 amide bonds. The number of aryl methyl sites for hydroxylation is 3. The topological polar surface area (TPSA) is 401 Å². The smallest absolute Gasteiger partial charge is 0.250 e. The van der Waals surface area contributed by atoms with Crippen LogP contribution in [0.15, 0.2) is 168 Å². The van der Waals surface area contributed by atoms with Crippen LogP contribution in [0.2, 0.25) is 0 Å². The number of halogens is 1. The lowest BCUT2D eigenvalue weighted by Crippen LogP contribution is -2.37. The molecular weight excluding hydrogens is 1310 g/mol. The number of H-pyrrole nitrogens is 1. The van der Waals surface area contributed by atoms with Crippen LogP contribution in [0, 0.1) is 43.4 Å². The van der Waals surface area contributed by atoms with Gasteiger partial charge >= 0.3 is 0 Å². The number of nitrogens with zero attached hydrogens (tertiary/aromatic N) is 5. The standard InChI is InChI=1S/C23H23N5O2S.C23H21N5OS.C18H15BrN4O.C4H6N2S.H2O2/c1-13-10-21(31-28-13)27-19-12-16(8-9-18(19)22(24)29)26-20(23(25)30)11-15-7-6-14-4-2-3-5-17(14)15;1-14-10-22(30-28-14)27-20-12-18(9-8-17(20)13-24)26-21(23(25)29)11-16-7-6-15-4-2-3-5-19(15)16;19-15-8-13(6-5-11(15)9-20)23-17(18(21)24)7-12-10-22-16-4-2-1-3-14(12)16;1-3-2-4(5)7-6-3;1-2/h2-5,7-10,12,20,26-27H,6,11H2,1H3,(H2,24,29)(H2,25,30);2-5,7-10,12,21,26-27H,6,11H2,1H3,(H2,25,29);1-6,8,10,17,22-23H,7H2,(H2,21,24);2H,5H2,1H3;1-2H/t20-;21-;17-;;/m111../s1. The summed E-state index contributed by atoms with van der Waals surface area (Å²) in [5.74, 6) is -1.84. The minimum absolute atomic E-state index is 0.347. The SMILES string of the molecule is Cc1cc(N)sn1.Cc1cc(Nc2cc(N[C@H](CC3=CCc4ccccc43)C(N)=O)ccc2C#N)sn1.Cc1cc(Nc2cc(N[C@H](CC3=CCc4ccccc43)C(N)=O)ccc2C(N)=O)sn1.N#Cc1ccc(N[C@H](Cc2c[nH]c3ccccc23)C(N)=O)cc1Br.OO. The van der Waals surface area contributed by atoms with Gasteiger partial charge in [0.1, 0.15) is 45.3 Å². The number of nitrogens with one attached hydrogen (secondary N) is 6. The van der Waals surface area contributed by atoms with Crippen LogP contribution < -0.4 is 55.3 Å². The molecule has 10 aromatic rings. The third kappa shape index (κ3) is 18.7. The number of para-hydroxylation sites is 1. The first kappa shape index (κ1) is 69.2. The summed E-state index contributed by atoms with van der Waals surface area (Å²) in [6, 6.07) is 48.1. The zero-order chi connectivity index (χ0) is 67.4. The van der Waals surface area contributed by atoms with Gasteiger partial charge in [-0.1, -0.05) is 78.9 Å². The van der Waals surface area contributed by atoms with Crippen molar-refractivity contribution in [2.24, 2.45) is 22.9 Å². The largest absolute Gasteiger partial charge is 0.389 e. The molecule has 6 aromatic carbocycles. The molecular formula is C68H67BrN16O6S3. The Kier molecular flexibility index (Phi) is 24.3. The first-order valence-electron chi connectivity index (χ1n) is 29.1. The van der Waals surface area contributed by atoms with Crippen molar-refractivity contribution in [1.29, 1.82) is 10.5 Å². The molecule has 0 bridgehead atoms. The third-order valence-corrected chi connectivity index (χ3v) is 17.8. The fraction of sp³-hybridized carbons (Fsp3) is 0.162. The molecule has 0 fully saturated rings. The van der Waals surface area contributed by atoms with E-state index in [1.54, 1.807) is 48.5 Å². The lowest BCUT2D eigenvalue weighted by molar-refractivity contribution is -0.176. The molecule has 0 saturated carbocycles. The zero-order valence-corrected chi connectivity index (χ0v) is 55.1. The van der Waals surface area contributed by atoms with Crippen LogP contribution in [0.3, 0.4) is 0 Å². The number of anilines is 8. The van der Waals surface area contributed by atoms with Crippen molar-refractivity contribution in [2.45, 2.75) is 71.0 Å². The van der Waals surface area contributed by atoms with Crippen molar-refractivity contribution in [3.05, 3.63) is 230 Å². The van der Waals surface area contributed by atoms with Gasteiger partial charge < -0.3 is 60.2 Å². The number of benzene rings is 6. The summed E-state index contributed by atoms with van der Waals surface area (Å²) in [7, 11) is 0. The van der Waals surface area contributed by atoms with E-state index in [1.807, 2.05) is 99.8 Å². The number of aromatic amines is 1. The lowest BCUT2D eigenvalue weighted by atomic mass is 9.99. The first-order valence-corrected chi connectivity index (χ1v) is 32.2. The summed E-state index contributed by atoms with van der Waals surface area (Å²) in [4.78, 5) is 51.3. The molecule has 12 rings (SSSR count). The average molecular weight is 1380 g/mol. The van der Waals surface area contributed by atoms with Crippen LogP contribution in [0.4, 0.5) is 43.4 Å². The Bertz CT molecular complexity index is 4490. The molecule has 0 unspecified atom stereocenters. The number of nitrogens with two attached hydrogens (primary N) is 5. The van der Waals surface area contributed by atoms with Gasteiger partial charge in [-0.25, -0.2) is 0 Å². The maximum atomic E-state index is 12.2. The van der Waals surface area contributed by atoms with Crippen LogP contribution in [0.1, 0.15) is 79.2 Å². The Morgan fingerprint density at radius 1 is 0.574 bits per heavy atom. The quantitative estimate of drug-likeness (QED) is 0.0249. The minimum atomic E-state index is -0.602. The van der Waals surface area contributed by atoms with E-state index in [0.29, 0.717) is 63.2 Å². The van der Waals surface area contributed by atoms with Gasteiger partial charge in [0.15, 0.2) is 0 Å². The van der Waals surface area contributed by atoms with E-state index in [4.69, 9.17) is 44.4 Å². The summed E-state index contributed by atoms with van der Waals surface area (Å²) in [5, 5.41) is 49.9. The number of carbonyl (C=O) groups is 4. The number of nitriles is 2. The van der Waals surface area contributed by atoms with E-state index in [-0.39, 0.29) is 0 Å². The number of allylic oxidation sites excluding steroid dienone is 2. The Hall–Kier alpha value is -10.7. The highest BCUT2D eigenvalue weighted by Crippen LogP contribution is 2.35. The van der Waals surface area contributed by atoms with Gasteiger partial charge in [0.05, 0.1) is 45.1 Å². The van der Waals surface area contributed by atoms with Crippen molar-refractivity contribution in [3.8, 4) is 12.1 Å². The molecule has 0 saturated heterocycles. The van der Waals surface area contributed by atoms with E-state index >= 15 is 0 Å². The van der Waals surface area contributed by atoms with Gasteiger partial charge in [-0.15, -0.1) is 0 Å². The van der Waals surface area contributed by atoms with Crippen molar-refractivity contribution >= 4 is 140 Å². The van der Waals surface area contributed by atoms with Gasteiger partial charge in [-0.2, -0.15) is 23.6 Å². The van der Waals surface area contributed by atoms with Crippen LogP contribution in [-0.4, -0.2) is 70.4 Å². The maximum absolute atomic E-state index is 12.2. The number of primary amides is 4. The maximum Gasteiger partial charge on any atom is 0.250 e. The third-order valence-electron chi connectivity index (χ3n) is 14.8. The fourth-order valence-electron chi connectivity index (χ4n) is 10.3. The zero-order valence-electron chi connectivity index (χ0n) is 51.1. The highest BCUT2D eigenvalue weighted by atomic mass is 79.9. The lowest BCUT2D eigenvalue weighted by Gasteiger charge is -2.19. The monoisotopic (exact) mass is 1380 g/mol. The molecule has 94 heavy (non-hydrogen) atoms. The van der Waals surface area contributed by atoms with E-state index in [2.05, 4.69) is 109 Å². The Balaban J connectivity index is 0.000000170. The number of aromatic nitrogens is 4. The average Bonchev–Trinajstić information content (AvgIpc) is 1.61. The number of carbonyl (C=O) groups excluding carboxylic acids is 4. The molecule has 480 valence electrons. The van der Waals surface area contributed by atoms with Gasteiger partial charge in [0.25, 0.3) is 5.91 Å². The summed E-state index contributed by atoms with van der Waals surface area (Å²) >= 11 is 7.30. The van der Waals surface area contributed by atoms with Gasteiger partial charge in [0, 0.05) is 57.9 Å². The molecule has 0 aliphatic heterocycles. The number of hydrogen-bond acceptors (Lipinski definition) is 20. The van der Waals surface area contributed by atoms with Crippen molar-refractivity contribution < 1.29 is 29.7 Å². The molecule has 3 atom stereocenters. The van der Waals surface area contributed by atoms with Gasteiger partial charge in [-0.05, 0) is 202 Å². The van der Waals surface area contributed by atoms with Crippen molar-refractivity contribution in [1.82, 2.24) is 18.1 Å². The summed E-state index contributed by atoms with van der Waals surface area (Å²) in [6.07, 6.45) is 9.36. The second kappa shape index (κ2) is 33.0. The molecule has 0 spiro atoms. The summed E-state index contributed by atoms with van der Waals surface area (Å²) < 4.78 is 13.1. The van der Waals surface area contributed by atoms with Crippen LogP contribution >= 0.6 is 50.5 Å². The number of fused-ring (bicyclic) bond motifs is 3. The molecule has 2 aliphatic carbocycles. The summed E-state index contributed by atoms with van der Waals surface area (Å²) in [6.45, 7) is 5.73. The molecule has 22 nitrogen and oxygen atoms in total. The van der Waals surface area contributed by atoms with E-state index in [1.165, 1.54) is 51.3 Å². The number of nitrogen functional groups attached to an aromatic ring is 1. The molecule has 26 heteroatoms. The first-order chi connectivity index (χ1) is 45.3. The van der Waals surface area contributed by atoms with Gasteiger partial charge in [0.2, 0.25) is 17.7 Å². The second-order valence-corrected chi connectivity index (χ2v) is 24.8. The highest BCUT2D eigenvalue weighted by Gasteiger charge is 2.25. The Morgan fingerprint density at radius 2 is 1.03 bits per heavy atom. The van der Waals surface area contributed by atoms with E-state index in [0.717, 1.165) is 83.8 Å². The minimum Gasteiger partial charge on any atom is -0.389 e. The molecule has 4 aromatic heterocycles. The molecule has 0 radical (unpaired) electrons. The van der Waals surface area contributed by atoms with Crippen LogP contribution in [0.25, 0.3) is 22.0 Å². The van der Waals surface area contributed by atoms with Crippen LogP contribution in [0.5, 0.6) is 0 Å². The van der Waals surface area contributed by atoms with Crippen LogP contribution in [-0.2, 0) is 33.6 Å². The highest BCUT2D eigenvalue weighted by molar-refractivity contribution is 9.10. The number of rotatable bonds is 20. The summed E-state index contributed by atoms with van der Waals surface area (Å²) in [5.41, 5.74) is 44.4. The number of amides is 4. The predicted molar refractivity (Wildman–Crippen MR) is 379 cm³/mol. The molecule has 4 heterocycles.